The van der Waals surface area contributed by atoms with Crippen molar-refractivity contribution in [2.45, 2.75) is 38.6 Å². The van der Waals surface area contributed by atoms with Crippen LogP contribution in [0.5, 0.6) is 0 Å². The Hall–Kier alpha value is -1.94. The van der Waals surface area contributed by atoms with Crippen LogP contribution in [0, 0.1) is 5.92 Å². The number of hydrogen-bond acceptors (Lipinski definition) is 4. The minimum absolute atomic E-state index is 0.773. The Morgan fingerprint density at radius 1 is 1.04 bits per heavy atom. The van der Waals surface area contributed by atoms with Crippen LogP contribution < -0.4 is 5.32 Å². The second kappa shape index (κ2) is 6.67. The van der Waals surface area contributed by atoms with E-state index in [4.69, 9.17) is 9.97 Å². The van der Waals surface area contributed by atoms with Gasteiger partial charge in [-0.2, -0.15) is 0 Å². The van der Waals surface area contributed by atoms with Crippen LogP contribution in [0.3, 0.4) is 0 Å². The molecule has 0 bridgehead atoms. The van der Waals surface area contributed by atoms with Crippen LogP contribution in [0.15, 0.2) is 41.8 Å². The Kier molecular flexibility index (Phi) is 4.24. The number of fused-ring (bicyclic) bond motifs is 1. The molecule has 4 heteroatoms. The average Bonchev–Trinajstić information content (AvgIpc) is 3.25. The van der Waals surface area contributed by atoms with E-state index in [1.165, 1.54) is 31.2 Å². The van der Waals surface area contributed by atoms with Crippen molar-refractivity contribution in [2.24, 2.45) is 5.92 Å². The van der Waals surface area contributed by atoms with Gasteiger partial charge < -0.3 is 5.32 Å². The molecule has 0 amide bonds. The van der Waals surface area contributed by atoms with E-state index >= 15 is 0 Å². The van der Waals surface area contributed by atoms with Gasteiger partial charge in [0.2, 0.25) is 0 Å². The fourth-order valence-electron chi connectivity index (χ4n) is 3.38. The van der Waals surface area contributed by atoms with E-state index in [2.05, 4.69) is 41.0 Å². The maximum Gasteiger partial charge on any atom is 0.138 e. The summed E-state index contributed by atoms with van der Waals surface area (Å²) in [6.45, 7) is 0.797. The summed E-state index contributed by atoms with van der Waals surface area (Å²) in [5, 5.41) is 6.75. The molecule has 1 N–H and O–H groups in total. The Bertz CT molecular complexity index is 776. The number of nitrogens with zero attached hydrogens (tertiary/aromatic N) is 2. The topological polar surface area (TPSA) is 37.8 Å². The highest BCUT2D eigenvalue weighted by molar-refractivity contribution is 7.16. The fraction of sp³-hybridized carbons (Fsp3) is 0.368. The standard InChI is InChI=1S/C19H21N3S/c1-2-8-15(9-3-1)13-20-18-16-10-11-23-19(16)22-17(21-18)12-14-6-4-5-7-14/h1-3,8-11,14H,4-7,12-13H2,(H,20,21,22). The van der Waals surface area contributed by atoms with Gasteiger partial charge in [-0.05, 0) is 22.9 Å². The van der Waals surface area contributed by atoms with E-state index < -0.39 is 0 Å². The highest BCUT2D eigenvalue weighted by Crippen LogP contribution is 2.30. The van der Waals surface area contributed by atoms with Crippen LogP contribution in [-0.2, 0) is 13.0 Å². The van der Waals surface area contributed by atoms with Gasteiger partial charge in [-0.3, -0.25) is 0 Å². The van der Waals surface area contributed by atoms with Crippen LogP contribution in [0.25, 0.3) is 10.2 Å². The summed E-state index contributed by atoms with van der Waals surface area (Å²) >= 11 is 1.70. The van der Waals surface area contributed by atoms with Gasteiger partial charge in [0.1, 0.15) is 16.5 Å². The maximum atomic E-state index is 4.84. The smallest absolute Gasteiger partial charge is 0.138 e. The van der Waals surface area contributed by atoms with Gasteiger partial charge in [0, 0.05) is 13.0 Å². The van der Waals surface area contributed by atoms with E-state index in [-0.39, 0.29) is 0 Å². The van der Waals surface area contributed by atoms with Crippen molar-refractivity contribution in [3.8, 4) is 0 Å². The van der Waals surface area contributed by atoms with Crippen molar-refractivity contribution in [1.29, 1.82) is 0 Å². The quantitative estimate of drug-likeness (QED) is 0.715. The van der Waals surface area contributed by atoms with E-state index in [1.54, 1.807) is 11.3 Å². The Balaban J connectivity index is 1.57. The summed E-state index contributed by atoms with van der Waals surface area (Å²) in [5.41, 5.74) is 1.27. The molecule has 118 valence electrons. The number of anilines is 1. The molecular formula is C19H21N3S. The molecule has 1 saturated carbocycles. The minimum Gasteiger partial charge on any atom is -0.365 e. The van der Waals surface area contributed by atoms with Gasteiger partial charge in [0.25, 0.3) is 0 Å². The molecule has 1 fully saturated rings. The number of thiophene rings is 1. The van der Waals surface area contributed by atoms with Gasteiger partial charge in [0.05, 0.1) is 5.39 Å². The first kappa shape index (κ1) is 14.6. The number of aromatic nitrogens is 2. The molecule has 1 aromatic carbocycles. The molecule has 0 saturated heterocycles. The average molecular weight is 323 g/mol. The largest absolute Gasteiger partial charge is 0.365 e. The van der Waals surface area contributed by atoms with E-state index in [9.17, 15) is 0 Å². The second-order valence-electron chi connectivity index (χ2n) is 6.32. The molecule has 0 aliphatic heterocycles. The monoisotopic (exact) mass is 323 g/mol. The fourth-order valence-corrected chi connectivity index (χ4v) is 4.16. The number of rotatable bonds is 5. The predicted octanol–water partition coefficient (Wildman–Crippen LogP) is 5.04. The van der Waals surface area contributed by atoms with Crippen molar-refractivity contribution >= 4 is 27.4 Å². The number of hydrogen-bond donors (Lipinski definition) is 1. The first-order valence-corrected chi connectivity index (χ1v) is 9.28. The number of benzene rings is 1. The summed E-state index contributed by atoms with van der Waals surface area (Å²) in [6.07, 6.45) is 6.42. The van der Waals surface area contributed by atoms with Crippen molar-refractivity contribution in [1.82, 2.24) is 9.97 Å². The highest BCUT2D eigenvalue weighted by atomic mass is 32.1. The SMILES string of the molecule is c1ccc(CNc2nc(CC3CCCC3)nc3sccc23)cc1. The van der Waals surface area contributed by atoms with Crippen molar-refractivity contribution in [3.63, 3.8) is 0 Å². The van der Waals surface area contributed by atoms with Crippen LogP contribution in [0.1, 0.15) is 37.1 Å². The molecule has 1 aliphatic rings. The van der Waals surface area contributed by atoms with E-state index in [0.29, 0.717) is 0 Å². The van der Waals surface area contributed by atoms with Crippen molar-refractivity contribution < 1.29 is 0 Å². The van der Waals surface area contributed by atoms with Crippen LogP contribution in [0.4, 0.5) is 5.82 Å². The molecule has 2 heterocycles. The first-order chi connectivity index (χ1) is 11.4. The Morgan fingerprint density at radius 3 is 2.70 bits per heavy atom. The molecule has 0 unspecified atom stereocenters. The van der Waals surface area contributed by atoms with E-state index in [1.807, 2.05) is 6.07 Å². The Labute approximate surface area is 140 Å². The molecule has 23 heavy (non-hydrogen) atoms. The summed E-state index contributed by atoms with van der Waals surface area (Å²) < 4.78 is 0. The molecule has 0 atom stereocenters. The first-order valence-electron chi connectivity index (χ1n) is 8.40. The van der Waals surface area contributed by atoms with Gasteiger partial charge in [-0.15, -0.1) is 11.3 Å². The van der Waals surface area contributed by atoms with Gasteiger partial charge >= 0.3 is 0 Å². The van der Waals surface area contributed by atoms with Crippen LogP contribution >= 0.6 is 11.3 Å². The number of nitrogens with one attached hydrogen (secondary N) is 1. The summed E-state index contributed by atoms with van der Waals surface area (Å²) in [6, 6.07) is 12.6. The lowest BCUT2D eigenvalue weighted by molar-refractivity contribution is 0.532. The molecule has 4 rings (SSSR count). The van der Waals surface area contributed by atoms with Crippen molar-refractivity contribution in [3.05, 3.63) is 53.2 Å². The van der Waals surface area contributed by atoms with Gasteiger partial charge in [-0.25, -0.2) is 9.97 Å². The zero-order chi connectivity index (χ0) is 15.5. The molecule has 0 spiro atoms. The molecule has 1 aliphatic carbocycles. The summed E-state index contributed by atoms with van der Waals surface area (Å²) in [4.78, 5) is 10.7. The summed E-state index contributed by atoms with van der Waals surface area (Å²) in [5.74, 6) is 2.75. The van der Waals surface area contributed by atoms with Crippen molar-refractivity contribution in [2.75, 3.05) is 5.32 Å². The van der Waals surface area contributed by atoms with E-state index in [0.717, 1.165) is 40.7 Å². The normalized spacial score (nSPS) is 15.3. The lowest BCUT2D eigenvalue weighted by Gasteiger charge is -2.11. The van der Waals surface area contributed by atoms with Gasteiger partial charge in [-0.1, -0.05) is 56.0 Å². The molecule has 2 aromatic heterocycles. The lowest BCUT2D eigenvalue weighted by Crippen LogP contribution is -2.08. The lowest BCUT2D eigenvalue weighted by atomic mass is 10.0. The van der Waals surface area contributed by atoms with Gasteiger partial charge in [0.15, 0.2) is 0 Å². The van der Waals surface area contributed by atoms with Crippen LogP contribution in [0.2, 0.25) is 0 Å². The molecular weight excluding hydrogens is 302 g/mol. The Morgan fingerprint density at radius 2 is 1.87 bits per heavy atom. The summed E-state index contributed by atoms with van der Waals surface area (Å²) in [7, 11) is 0. The zero-order valence-electron chi connectivity index (χ0n) is 13.2. The predicted molar refractivity (Wildman–Crippen MR) is 96.8 cm³/mol. The molecule has 3 nitrogen and oxygen atoms in total. The third-order valence-corrected chi connectivity index (χ3v) is 5.43. The third-order valence-electron chi connectivity index (χ3n) is 4.62. The molecule has 3 aromatic rings. The molecule has 0 radical (unpaired) electrons. The third kappa shape index (κ3) is 3.37. The minimum atomic E-state index is 0.773. The zero-order valence-corrected chi connectivity index (χ0v) is 14.0. The highest BCUT2D eigenvalue weighted by Gasteiger charge is 2.18. The van der Waals surface area contributed by atoms with Crippen LogP contribution in [-0.4, -0.2) is 9.97 Å². The second-order valence-corrected chi connectivity index (χ2v) is 7.22. The maximum absolute atomic E-state index is 4.84.